The van der Waals surface area contributed by atoms with Gasteiger partial charge in [0.1, 0.15) is 0 Å². The van der Waals surface area contributed by atoms with E-state index in [9.17, 15) is 9.59 Å². The first kappa shape index (κ1) is 27.9. The van der Waals surface area contributed by atoms with E-state index in [4.69, 9.17) is 4.98 Å². The van der Waals surface area contributed by atoms with E-state index >= 15 is 0 Å². The first-order chi connectivity index (χ1) is 19.7. The molecule has 0 atom stereocenters. The molecule has 2 aromatic carbocycles. The number of benzene rings is 2. The third kappa shape index (κ3) is 5.66. The third-order valence-electron chi connectivity index (χ3n) is 7.30. The molecular weight excluding hydrogens is 514 g/mol. The molecule has 0 aliphatic carbocycles. The van der Waals surface area contributed by atoms with Gasteiger partial charge in [0.05, 0.1) is 17.9 Å². The van der Waals surface area contributed by atoms with E-state index in [-0.39, 0.29) is 16.9 Å². The Morgan fingerprint density at radius 1 is 1.00 bits per heavy atom. The van der Waals surface area contributed by atoms with Crippen molar-refractivity contribution in [2.45, 2.75) is 65.8 Å². The molecule has 0 amide bonds. The molecule has 0 unspecified atom stereocenters. The van der Waals surface area contributed by atoms with Crippen LogP contribution in [-0.4, -0.2) is 40.5 Å². The summed E-state index contributed by atoms with van der Waals surface area (Å²) in [5.74, 6) is 0.512. The molecule has 0 aliphatic rings. The van der Waals surface area contributed by atoms with E-state index in [0.29, 0.717) is 23.6 Å². The van der Waals surface area contributed by atoms with Gasteiger partial charge in [-0.05, 0) is 58.9 Å². The molecule has 1 N–H and O–H groups in total. The number of carbonyl (C=O) groups excluding carboxylic acids is 1. The number of hydrogen-bond acceptors (Lipinski definition) is 6. The van der Waals surface area contributed by atoms with Crippen LogP contribution in [0.1, 0.15) is 74.8 Å². The average Bonchev–Trinajstić information content (AvgIpc) is 3.60. The van der Waals surface area contributed by atoms with Gasteiger partial charge in [0.15, 0.2) is 11.6 Å². The van der Waals surface area contributed by atoms with Gasteiger partial charge in [-0.15, -0.1) is 5.10 Å². The van der Waals surface area contributed by atoms with E-state index in [1.807, 2.05) is 60.9 Å². The number of rotatable bonds is 9. The van der Waals surface area contributed by atoms with Crippen molar-refractivity contribution in [1.29, 1.82) is 0 Å². The standard InChI is InChI=1S/C32H35N7O2/c1-6-7-11-24-20-39(29-25(21(2)40)14-10-15-28(29)32(3,4)5)31(41)38(24)19-23-17-16-22(18-33-23)26-12-8-9-13-27(26)30-34-36-37-35-30/h8-10,12-18,20H,6-7,11,19H2,1-5H3,(H,34,35,36,37). The Labute approximate surface area is 239 Å². The smallest absolute Gasteiger partial charge is 0.294 e. The first-order valence-corrected chi connectivity index (χ1v) is 13.9. The van der Waals surface area contributed by atoms with Crippen LogP contribution < -0.4 is 5.69 Å². The average molecular weight is 550 g/mol. The van der Waals surface area contributed by atoms with Crippen LogP contribution >= 0.6 is 0 Å². The fraction of sp³-hybridized carbons (Fsp3) is 0.312. The fourth-order valence-electron chi connectivity index (χ4n) is 5.16. The number of pyridine rings is 1. The van der Waals surface area contributed by atoms with Crippen molar-refractivity contribution in [3.05, 3.63) is 100.0 Å². The van der Waals surface area contributed by atoms with Gasteiger partial charge in [0, 0.05) is 34.8 Å². The van der Waals surface area contributed by atoms with Crippen LogP contribution in [0.4, 0.5) is 0 Å². The summed E-state index contributed by atoms with van der Waals surface area (Å²) in [6, 6.07) is 17.5. The molecule has 0 fully saturated rings. The molecule has 210 valence electrons. The molecule has 9 nitrogen and oxygen atoms in total. The molecule has 9 heteroatoms. The van der Waals surface area contributed by atoms with Gasteiger partial charge >= 0.3 is 5.69 Å². The molecule has 3 heterocycles. The molecule has 0 aliphatic heterocycles. The van der Waals surface area contributed by atoms with Crippen LogP contribution in [0, 0.1) is 0 Å². The van der Waals surface area contributed by atoms with E-state index in [1.165, 1.54) is 0 Å². The number of nitrogens with one attached hydrogen (secondary N) is 1. The van der Waals surface area contributed by atoms with Crippen LogP contribution in [0.5, 0.6) is 0 Å². The summed E-state index contributed by atoms with van der Waals surface area (Å²) in [6.07, 6.45) is 6.43. The van der Waals surface area contributed by atoms with Crippen LogP contribution in [0.2, 0.25) is 0 Å². The minimum absolute atomic E-state index is 0.0699. The maximum atomic E-state index is 14.0. The minimum atomic E-state index is -0.263. The van der Waals surface area contributed by atoms with Gasteiger partial charge in [-0.3, -0.25) is 18.9 Å². The number of Topliss-reactive ketones (excluding diaryl/α,β-unsaturated/α-hetero) is 1. The van der Waals surface area contributed by atoms with Crippen molar-refractivity contribution in [2.75, 3.05) is 0 Å². The van der Waals surface area contributed by atoms with Crippen molar-refractivity contribution in [3.63, 3.8) is 0 Å². The van der Waals surface area contributed by atoms with Gasteiger partial charge < -0.3 is 0 Å². The Hall–Kier alpha value is -4.66. The van der Waals surface area contributed by atoms with Crippen molar-refractivity contribution < 1.29 is 4.79 Å². The molecule has 0 radical (unpaired) electrons. The lowest BCUT2D eigenvalue weighted by molar-refractivity contribution is 0.101. The zero-order valence-electron chi connectivity index (χ0n) is 24.2. The Morgan fingerprint density at radius 3 is 2.41 bits per heavy atom. The molecule has 5 aromatic rings. The van der Waals surface area contributed by atoms with Crippen LogP contribution in [0.15, 0.2) is 71.8 Å². The molecule has 0 saturated carbocycles. The SMILES string of the molecule is CCCCc1cn(-c2c(C(C)=O)cccc2C(C)(C)C)c(=O)n1Cc1ccc(-c2ccccc2-c2nnn[nH]2)cn1. The molecular formula is C32H35N7O2. The second kappa shape index (κ2) is 11.4. The minimum Gasteiger partial charge on any atom is -0.294 e. The number of hydrogen-bond donors (Lipinski definition) is 1. The predicted molar refractivity (Wildman–Crippen MR) is 159 cm³/mol. The second-order valence-electron chi connectivity index (χ2n) is 11.3. The van der Waals surface area contributed by atoms with E-state index in [2.05, 4.69) is 48.3 Å². The topological polar surface area (TPSA) is 111 Å². The lowest BCUT2D eigenvalue weighted by Crippen LogP contribution is -2.28. The third-order valence-corrected chi connectivity index (χ3v) is 7.30. The highest BCUT2D eigenvalue weighted by Crippen LogP contribution is 2.32. The van der Waals surface area contributed by atoms with E-state index in [1.54, 1.807) is 22.1 Å². The van der Waals surface area contributed by atoms with Crippen LogP contribution in [0.25, 0.3) is 28.2 Å². The Balaban J connectivity index is 1.56. The molecule has 5 rings (SSSR count). The summed E-state index contributed by atoms with van der Waals surface area (Å²) in [5, 5.41) is 14.3. The summed E-state index contributed by atoms with van der Waals surface area (Å²) < 4.78 is 3.45. The van der Waals surface area contributed by atoms with Crippen molar-refractivity contribution in [3.8, 4) is 28.2 Å². The Bertz CT molecular complexity index is 1720. The number of nitrogens with zero attached hydrogens (tertiary/aromatic N) is 6. The number of carbonyl (C=O) groups is 1. The number of ketones is 1. The summed E-state index contributed by atoms with van der Waals surface area (Å²) in [4.78, 5) is 31.5. The highest BCUT2D eigenvalue weighted by atomic mass is 16.2. The van der Waals surface area contributed by atoms with Gasteiger partial charge in [0.2, 0.25) is 0 Å². The predicted octanol–water partition coefficient (Wildman–Crippen LogP) is 5.77. The zero-order valence-corrected chi connectivity index (χ0v) is 24.2. The number of para-hydroxylation sites is 1. The number of imidazole rings is 1. The number of H-pyrrole nitrogens is 1. The first-order valence-electron chi connectivity index (χ1n) is 13.9. The van der Waals surface area contributed by atoms with Crippen molar-refractivity contribution in [2.24, 2.45) is 0 Å². The van der Waals surface area contributed by atoms with E-state index in [0.717, 1.165) is 52.9 Å². The highest BCUT2D eigenvalue weighted by molar-refractivity contribution is 5.98. The van der Waals surface area contributed by atoms with Gasteiger partial charge in [0.25, 0.3) is 0 Å². The Morgan fingerprint density at radius 2 is 1.78 bits per heavy atom. The van der Waals surface area contributed by atoms with Crippen molar-refractivity contribution >= 4 is 5.78 Å². The largest absolute Gasteiger partial charge is 0.333 e. The zero-order chi connectivity index (χ0) is 29.1. The molecule has 0 saturated heterocycles. The van der Waals surface area contributed by atoms with E-state index < -0.39 is 0 Å². The number of unbranched alkanes of at least 4 members (excludes halogenated alkanes) is 1. The highest BCUT2D eigenvalue weighted by Gasteiger charge is 2.25. The molecule has 41 heavy (non-hydrogen) atoms. The van der Waals surface area contributed by atoms with Crippen molar-refractivity contribution in [1.82, 2.24) is 34.7 Å². The van der Waals surface area contributed by atoms with Gasteiger partial charge in [-0.1, -0.05) is 76.6 Å². The fourth-order valence-corrected chi connectivity index (χ4v) is 5.16. The van der Waals surface area contributed by atoms with Gasteiger partial charge in [-0.25, -0.2) is 9.89 Å². The summed E-state index contributed by atoms with van der Waals surface area (Å²) in [7, 11) is 0. The number of aryl methyl sites for hydroxylation is 1. The Kier molecular flexibility index (Phi) is 7.79. The number of tetrazole rings is 1. The monoisotopic (exact) mass is 549 g/mol. The lowest BCUT2D eigenvalue weighted by atomic mass is 9.84. The maximum Gasteiger partial charge on any atom is 0.333 e. The lowest BCUT2D eigenvalue weighted by Gasteiger charge is -2.24. The van der Waals surface area contributed by atoms with Crippen LogP contribution in [-0.2, 0) is 18.4 Å². The molecule has 0 spiro atoms. The summed E-state index contributed by atoms with van der Waals surface area (Å²) in [5.41, 5.74) is 6.15. The quantitative estimate of drug-likeness (QED) is 0.234. The summed E-state index contributed by atoms with van der Waals surface area (Å²) >= 11 is 0. The molecule has 0 bridgehead atoms. The number of aromatic amines is 1. The maximum absolute atomic E-state index is 14.0. The molecule has 3 aromatic heterocycles. The van der Waals surface area contributed by atoms with Gasteiger partial charge in [-0.2, -0.15) is 0 Å². The second-order valence-corrected chi connectivity index (χ2v) is 11.3. The van der Waals surface area contributed by atoms with Crippen LogP contribution in [0.3, 0.4) is 0 Å². The summed E-state index contributed by atoms with van der Waals surface area (Å²) in [6.45, 7) is 10.3. The normalized spacial score (nSPS) is 11.6. The number of aromatic nitrogens is 7.